The number of ether oxygens (including phenoxy) is 1. The molecule has 5 heteroatoms. The highest BCUT2D eigenvalue weighted by Crippen LogP contribution is 2.20. The summed E-state index contributed by atoms with van der Waals surface area (Å²) >= 11 is 0. The average molecular weight is 254 g/mol. The molecular formula is C13H22N2O3. The van der Waals surface area contributed by atoms with Crippen molar-refractivity contribution in [3.05, 3.63) is 0 Å². The van der Waals surface area contributed by atoms with E-state index in [0.717, 1.165) is 19.4 Å². The second kappa shape index (κ2) is 5.69. The lowest BCUT2D eigenvalue weighted by atomic mass is 9.95. The molecule has 18 heavy (non-hydrogen) atoms. The van der Waals surface area contributed by atoms with Gasteiger partial charge in [-0.2, -0.15) is 0 Å². The molecule has 0 radical (unpaired) electrons. The fourth-order valence-corrected chi connectivity index (χ4v) is 2.77. The Morgan fingerprint density at radius 2 is 2.22 bits per heavy atom. The molecule has 0 saturated carbocycles. The molecule has 2 fully saturated rings. The van der Waals surface area contributed by atoms with Gasteiger partial charge in [0.2, 0.25) is 11.8 Å². The molecule has 1 N–H and O–H groups in total. The summed E-state index contributed by atoms with van der Waals surface area (Å²) in [5, 5.41) is 2.67. The fourth-order valence-electron chi connectivity index (χ4n) is 2.77. The standard InChI is InChI=1S/C13H22N2O3/c1-9(2)12-13(17)14-6-11(16)15(12)7-10-4-3-5-18-8-10/h9-10,12H,3-8H2,1-2H3,(H,14,17). The maximum Gasteiger partial charge on any atom is 0.243 e. The molecule has 0 aliphatic carbocycles. The van der Waals surface area contributed by atoms with Crippen molar-refractivity contribution in [2.24, 2.45) is 11.8 Å². The van der Waals surface area contributed by atoms with Crippen LogP contribution in [0.3, 0.4) is 0 Å². The molecule has 5 nitrogen and oxygen atoms in total. The highest BCUT2D eigenvalue weighted by Gasteiger charge is 2.37. The summed E-state index contributed by atoms with van der Waals surface area (Å²) in [4.78, 5) is 25.6. The largest absolute Gasteiger partial charge is 0.381 e. The summed E-state index contributed by atoms with van der Waals surface area (Å²) in [7, 11) is 0. The zero-order chi connectivity index (χ0) is 13.1. The van der Waals surface area contributed by atoms with Crippen LogP contribution in [0.15, 0.2) is 0 Å². The monoisotopic (exact) mass is 254 g/mol. The molecule has 0 aromatic heterocycles. The number of carbonyl (C=O) groups is 2. The van der Waals surface area contributed by atoms with Crippen molar-refractivity contribution in [2.75, 3.05) is 26.3 Å². The van der Waals surface area contributed by atoms with Gasteiger partial charge in [0.25, 0.3) is 0 Å². The third kappa shape index (κ3) is 2.83. The van der Waals surface area contributed by atoms with Gasteiger partial charge >= 0.3 is 0 Å². The van der Waals surface area contributed by atoms with Crippen LogP contribution in [-0.2, 0) is 14.3 Å². The van der Waals surface area contributed by atoms with Crippen molar-refractivity contribution in [3.63, 3.8) is 0 Å². The summed E-state index contributed by atoms with van der Waals surface area (Å²) in [5.74, 6) is 0.508. The Bertz CT molecular complexity index is 324. The second-order valence-electron chi connectivity index (χ2n) is 5.54. The van der Waals surface area contributed by atoms with Crippen LogP contribution in [0.4, 0.5) is 0 Å². The molecule has 2 unspecified atom stereocenters. The summed E-state index contributed by atoms with van der Waals surface area (Å²) in [6.45, 7) is 6.26. The molecular weight excluding hydrogens is 232 g/mol. The van der Waals surface area contributed by atoms with Crippen LogP contribution in [0, 0.1) is 11.8 Å². The maximum absolute atomic E-state index is 12.0. The van der Waals surface area contributed by atoms with Gasteiger partial charge in [-0.3, -0.25) is 9.59 Å². The van der Waals surface area contributed by atoms with E-state index < -0.39 is 0 Å². The lowest BCUT2D eigenvalue weighted by Crippen LogP contribution is -2.61. The van der Waals surface area contributed by atoms with E-state index in [1.807, 2.05) is 13.8 Å². The average Bonchev–Trinajstić information content (AvgIpc) is 2.35. The highest BCUT2D eigenvalue weighted by atomic mass is 16.5. The molecule has 2 saturated heterocycles. The molecule has 2 aliphatic heterocycles. The molecule has 102 valence electrons. The van der Waals surface area contributed by atoms with Gasteiger partial charge in [0.05, 0.1) is 13.2 Å². The predicted octanol–water partition coefficient (Wildman–Crippen LogP) is 0.396. The number of piperazine rings is 1. The van der Waals surface area contributed by atoms with E-state index in [-0.39, 0.29) is 30.3 Å². The number of hydrogen-bond acceptors (Lipinski definition) is 3. The van der Waals surface area contributed by atoms with E-state index >= 15 is 0 Å². The quantitative estimate of drug-likeness (QED) is 0.793. The van der Waals surface area contributed by atoms with E-state index in [0.29, 0.717) is 19.1 Å². The van der Waals surface area contributed by atoms with Crippen molar-refractivity contribution in [1.29, 1.82) is 0 Å². The van der Waals surface area contributed by atoms with E-state index in [1.54, 1.807) is 4.90 Å². The minimum atomic E-state index is -0.326. The second-order valence-corrected chi connectivity index (χ2v) is 5.54. The van der Waals surface area contributed by atoms with Crippen molar-refractivity contribution in [1.82, 2.24) is 10.2 Å². The predicted molar refractivity (Wildman–Crippen MR) is 66.9 cm³/mol. The molecule has 0 aromatic carbocycles. The van der Waals surface area contributed by atoms with Gasteiger partial charge in [0.1, 0.15) is 6.04 Å². The first kappa shape index (κ1) is 13.3. The summed E-state index contributed by atoms with van der Waals surface area (Å²) in [5.41, 5.74) is 0. The molecule has 2 amide bonds. The first-order valence-electron chi connectivity index (χ1n) is 6.74. The van der Waals surface area contributed by atoms with Gasteiger partial charge in [-0.1, -0.05) is 13.8 Å². The number of amides is 2. The van der Waals surface area contributed by atoms with Gasteiger partial charge in [-0.15, -0.1) is 0 Å². The van der Waals surface area contributed by atoms with E-state index in [9.17, 15) is 9.59 Å². The summed E-state index contributed by atoms with van der Waals surface area (Å²) in [6, 6.07) is -0.326. The van der Waals surface area contributed by atoms with Crippen molar-refractivity contribution in [3.8, 4) is 0 Å². The third-order valence-corrected chi connectivity index (χ3v) is 3.68. The molecule has 2 aliphatic rings. The van der Waals surface area contributed by atoms with Crippen molar-refractivity contribution < 1.29 is 14.3 Å². The number of nitrogens with one attached hydrogen (secondary N) is 1. The lowest BCUT2D eigenvalue weighted by Gasteiger charge is -2.39. The van der Waals surface area contributed by atoms with E-state index in [2.05, 4.69) is 5.32 Å². The number of rotatable bonds is 3. The molecule has 2 rings (SSSR count). The Balaban J connectivity index is 2.05. The van der Waals surface area contributed by atoms with E-state index in [1.165, 1.54) is 0 Å². The summed E-state index contributed by atoms with van der Waals surface area (Å²) in [6.07, 6.45) is 2.13. The normalized spacial score (nSPS) is 29.6. The first-order valence-corrected chi connectivity index (χ1v) is 6.74. The van der Waals surface area contributed by atoms with Gasteiger partial charge in [0, 0.05) is 13.2 Å². The topological polar surface area (TPSA) is 58.6 Å². The van der Waals surface area contributed by atoms with Crippen LogP contribution in [-0.4, -0.2) is 49.1 Å². The van der Waals surface area contributed by atoms with E-state index in [4.69, 9.17) is 4.74 Å². The zero-order valence-corrected chi connectivity index (χ0v) is 11.1. The van der Waals surface area contributed by atoms with Gasteiger partial charge in [-0.05, 0) is 24.7 Å². The molecule has 0 aromatic rings. The third-order valence-electron chi connectivity index (χ3n) is 3.68. The minimum absolute atomic E-state index is 0.0265. The molecule has 0 bridgehead atoms. The van der Waals surface area contributed by atoms with Crippen LogP contribution in [0.5, 0.6) is 0 Å². The van der Waals surface area contributed by atoms with Gasteiger partial charge in [-0.25, -0.2) is 0 Å². The smallest absolute Gasteiger partial charge is 0.243 e. The van der Waals surface area contributed by atoms with Crippen LogP contribution < -0.4 is 5.32 Å². The van der Waals surface area contributed by atoms with Crippen LogP contribution in [0.25, 0.3) is 0 Å². The highest BCUT2D eigenvalue weighted by molar-refractivity contribution is 5.94. The Kier molecular flexibility index (Phi) is 4.22. The fraction of sp³-hybridized carbons (Fsp3) is 0.846. The Morgan fingerprint density at radius 3 is 2.83 bits per heavy atom. The van der Waals surface area contributed by atoms with Crippen LogP contribution in [0.2, 0.25) is 0 Å². The molecule has 2 heterocycles. The zero-order valence-electron chi connectivity index (χ0n) is 11.1. The Hall–Kier alpha value is -1.10. The van der Waals surface area contributed by atoms with Crippen molar-refractivity contribution >= 4 is 11.8 Å². The summed E-state index contributed by atoms with van der Waals surface area (Å²) < 4.78 is 5.44. The lowest BCUT2D eigenvalue weighted by molar-refractivity contribution is -0.148. The Labute approximate surface area is 108 Å². The molecule has 0 spiro atoms. The number of hydrogen-bond donors (Lipinski definition) is 1. The first-order chi connectivity index (χ1) is 8.59. The maximum atomic E-state index is 12.0. The number of nitrogens with zero attached hydrogens (tertiary/aromatic N) is 1. The minimum Gasteiger partial charge on any atom is -0.381 e. The molecule has 2 atom stereocenters. The van der Waals surface area contributed by atoms with Crippen LogP contribution in [0.1, 0.15) is 26.7 Å². The Morgan fingerprint density at radius 1 is 1.44 bits per heavy atom. The number of carbonyl (C=O) groups excluding carboxylic acids is 2. The van der Waals surface area contributed by atoms with Gasteiger partial charge in [0.15, 0.2) is 0 Å². The SMILES string of the molecule is CC(C)C1C(=O)NCC(=O)N1CC1CCCOC1. The van der Waals surface area contributed by atoms with Crippen molar-refractivity contribution in [2.45, 2.75) is 32.7 Å². The van der Waals surface area contributed by atoms with Crippen LogP contribution >= 0.6 is 0 Å². The van der Waals surface area contributed by atoms with Gasteiger partial charge < -0.3 is 15.0 Å².